The zero-order valence-corrected chi connectivity index (χ0v) is 17.4. The monoisotopic (exact) mass is 403 g/mol. The lowest BCUT2D eigenvalue weighted by molar-refractivity contribution is -0.121. The van der Waals surface area contributed by atoms with Gasteiger partial charge in [-0.05, 0) is 56.7 Å². The van der Waals surface area contributed by atoms with E-state index in [2.05, 4.69) is 20.4 Å². The largest absolute Gasteiger partial charge is 0.350 e. The van der Waals surface area contributed by atoms with E-state index >= 15 is 0 Å². The average Bonchev–Trinajstić information content (AvgIpc) is 3.04. The van der Waals surface area contributed by atoms with Crippen molar-refractivity contribution in [1.29, 1.82) is 0 Å². The first kappa shape index (κ1) is 19.6. The van der Waals surface area contributed by atoms with Crippen LogP contribution in [0.5, 0.6) is 0 Å². The molecule has 0 aliphatic carbocycles. The van der Waals surface area contributed by atoms with Crippen molar-refractivity contribution in [3.05, 3.63) is 51.8 Å². The molecule has 0 saturated heterocycles. The number of aryl methyl sites for hydroxylation is 2. The van der Waals surface area contributed by atoms with Gasteiger partial charge in [0.2, 0.25) is 11.1 Å². The van der Waals surface area contributed by atoms with Crippen molar-refractivity contribution >= 4 is 35.0 Å². The lowest BCUT2D eigenvalue weighted by atomic mass is 10.1. The third-order valence-corrected chi connectivity index (χ3v) is 5.31. The number of hydrogen-bond acceptors (Lipinski definition) is 5. The topological polar surface area (TPSA) is 72.2 Å². The van der Waals surface area contributed by atoms with Crippen LogP contribution < -0.4 is 5.32 Å². The van der Waals surface area contributed by atoms with E-state index in [1.807, 2.05) is 51.3 Å². The number of nitrogens with zero attached hydrogens (tertiary/aromatic N) is 4. The van der Waals surface area contributed by atoms with Crippen molar-refractivity contribution in [2.45, 2.75) is 44.8 Å². The van der Waals surface area contributed by atoms with Gasteiger partial charge in [0.25, 0.3) is 5.78 Å². The summed E-state index contributed by atoms with van der Waals surface area (Å²) < 4.78 is 1.75. The van der Waals surface area contributed by atoms with Crippen LogP contribution in [-0.4, -0.2) is 31.7 Å². The molecule has 0 aliphatic rings. The summed E-state index contributed by atoms with van der Waals surface area (Å²) in [4.78, 5) is 21.3. The second kappa shape index (κ2) is 8.27. The maximum Gasteiger partial charge on any atom is 0.253 e. The Hall–Kier alpha value is -2.12. The number of aromatic nitrogens is 4. The molecule has 3 aromatic rings. The first-order chi connectivity index (χ1) is 12.9. The summed E-state index contributed by atoms with van der Waals surface area (Å²) >= 11 is 7.51. The molecular formula is C19H22ClN5OS. The van der Waals surface area contributed by atoms with Crippen LogP contribution in [-0.2, 0) is 11.2 Å². The van der Waals surface area contributed by atoms with Crippen molar-refractivity contribution in [3.63, 3.8) is 0 Å². The summed E-state index contributed by atoms with van der Waals surface area (Å²) in [6.45, 7) is 5.89. The number of amides is 1. The number of carbonyl (C=O) groups excluding carboxylic acids is 1. The molecule has 1 atom stereocenters. The zero-order valence-electron chi connectivity index (χ0n) is 15.8. The second-order valence-corrected chi connectivity index (χ2v) is 7.63. The van der Waals surface area contributed by atoms with Crippen molar-refractivity contribution in [3.8, 4) is 0 Å². The molecule has 0 saturated carbocycles. The van der Waals surface area contributed by atoms with Gasteiger partial charge >= 0.3 is 0 Å². The fourth-order valence-electron chi connectivity index (χ4n) is 3.05. The Bertz CT molecular complexity index is 988. The van der Waals surface area contributed by atoms with E-state index in [-0.39, 0.29) is 11.9 Å². The number of nitrogens with one attached hydrogen (secondary N) is 1. The fourth-order valence-corrected chi connectivity index (χ4v) is 3.58. The van der Waals surface area contributed by atoms with Gasteiger partial charge in [-0.25, -0.2) is 9.50 Å². The number of benzene rings is 1. The molecule has 8 heteroatoms. The highest BCUT2D eigenvalue weighted by molar-refractivity contribution is 7.98. The van der Waals surface area contributed by atoms with Gasteiger partial charge in [-0.2, -0.15) is 4.98 Å². The van der Waals surface area contributed by atoms with Crippen molar-refractivity contribution in [2.24, 2.45) is 0 Å². The normalized spacial score (nSPS) is 12.3. The molecule has 0 radical (unpaired) electrons. The van der Waals surface area contributed by atoms with Crippen LogP contribution >= 0.6 is 23.4 Å². The Kier molecular flexibility index (Phi) is 6.01. The second-order valence-electron chi connectivity index (χ2n) is 6.42. The van der Waals surface area contributed by atoms with Gasteiger partial charge in [-0.3, -0.25) is 4.79 Å². The van der Waals surface area contributed by atoms with Crippen LogP contribution in [0.3, 0.4) is 0 Å². The van der Waals surface area contributed by atoms with E-state index in [0.29, 0.717) is 28.8 Å². The molecule has 1 unspecified atom stereocenters. The number of halogens is 1. The SMILES string of the molecule is CSc1nc2nc(C)c(CCC(=O)NC(C)c3cccc(Cl)c3)c(C)n2n1. The molecule has 0 spiro atoms. The third-order valence-electron chi connectivity index (χ3n) is 4.54. The summed E-state index contributed by atoms with van der Waals surface area (Å²) in [5.41, 5.74) is 3.88. The molecule has 3 rings (SSSR count). The summed E-state index contributed by atoms with van der Waals surface area (Å²) in [5.74, 6) is 0.585. The Labute approximate surface area is 167 Å². The Balaban J connectivity index is 1.69. The predicted molar refractivity (Wildman–Crippen MR) is 108 cm³/mol. The molecule has 6 nitrogen and oxygen atoms in total. The summed E-state index contributed by atoms with van der Waals surface area (Å²) in [6, 6.07) is 7.43. The van der Waals surface area contributed by atoms with Crippen LogP contribution in [0.25, 0.3) is 5.78 Å². The lowest BCUT2D eigenvalue weighted by Crippen LogP contribution is -2.27. The smallest absolute Gasteiger partial charge is 0.253 e. The molecule has 1 N–H and O–H groups in total. The first-order valence-electron chi connectivity index (χ1n) is 8.70. The molecule has 1 aromatic carbocycles. The summed E-state index contributed by atoms with van der Waals surface area (Å²) in [5, 5.41) is 8.83. The molecule has 0 bridgehead atoms. The van der Waals surface area contributed by atoms with E-state index in [0.717, 1.165) is 22.5 Å². The molecule has 0 fully saturated rings. The van der Waals surface area contributed by atoms with Gasteiger partial charge in [0.1, 0.15) is 0 Å². The number of carbonyl (C=O) groups is 1. The highest BCUT2D eigenvalue weighted by Crippen LogP contribution is 2.19. The minimum Gasteiger partial charge on any atom is -0.350 e. The minimum atomic E-state index is -0.0987. The van der Waals surface area contributed by atoms with E-state index in [4.69, 9.17) is 11.6 Å². The molecule has 1 amide bonds. The Morgan fingerprint density at radius 3 is 2.81 bits per heavy atom. The van der Waals surface area contributed by atoms with Crippen LogP contribution in [0.1, 0.15) is 41.9 Å². The maximum atomic E-state index is 12.4. The van der Waals surface area contributed by atoms with Gasteiger partial charge < -0.3 is 5.32 Å². The minimum absolute atomic E-state index is 0.00948. The average molecular weight is 404 g/mol. The van der Waals surface area contributed by atoms with Crippen LogP contribution in [0, 0.1) is 13.8 Å². The number of fused-ring (bicyclic) bond motifs is 1. The fraction of sp³-hybridized carbons (Fsp3) is 0.368. The van der Waals surface area contributed by atoms with Crippen molar-refractivity contribution in [2.75, 3.05) is 6.26 Å². The van der Waals surface area contributed by atoms with E-state index in [1.165, 1.54) is 11.8 Å². The van der Waals surface area contributed by atoms with Gasteiger partial charge in [0.05, 0.1) is 6.04 Å². The number of thioether (sulfide) groups is 1. The Morgan fingerprint density at radius 2 is 2.11 bits per heavy atom. The van der Waals surface area contributed by atoms with Gasteiger partial charge in [-0.15, -0.1) is 5.10 Å². The van der Waals surface area contributed by atoms with Crippen molar-refractivity contribution < 1.29 is 4.79 Å². The number of rotatable bonds is 6. The van der Waals surface area contributed by atoms with Crippen LogP contribution in [0.15, 0.2) is 29.4 Å². The third kappa shape index (κ3) is 4.42. The van der Waals surface area contributed by atoms with Gasteiger partial charge in [-0.1, -0.05) is 35.5 Å². The van der Waals surface area contributed by atoms with Crippen molar-refractivity contribution in [1.82, 2.24) is 24.9 Å². The first-order valence-corrected chi connectivity index (χ1v) is 10.3. The highest BCUT2D eigenvalue weighted by atomic mass is 35.5. The molecule has 2 heterocycles. The number of hydrogen-bond donors (Lipinski definition) is 1. The highest BCUT2D eigenvalue weighted by Gasteiger charge is 2.15. The standard InChI is InChI=1S/C19H22ClN5OS/c1-11(14-6-5-7-15(20)10-14)21-17(26)9-8-16-12(2)22-18-23-19(27-4)24-25(18)13(16)3/h5-7,10-11H,8-9H2,1-4H3,(H,21,26). The molecule has 27 heavy (non-hydrogen) atoms. The van der Waals surface area contributed by atoms with E-state index < -0.39 is 0 Å². The molecule has 2 aromatic heterocycles. The molecule has 142 valence electrons. The zero-order chi connectivity index (χ0) is 19.6. The van der Waals surface area contributed by atoms with Crippen LogP contribution in [0.4, 0.5) is 0 Å². The van der Waals surface area contributed by atoms with Gasteiger partial charge in [0, 0.05) is 22.8 Å². The quantitative estimate of drug-likeness (QED) is 0.631. The summed E-state index contributed by atoms with van der Waals surface area (Å²) in [6.07, 6.45) is 2.91. The molecule has 0 aliphatic heterocycles. The Morgan fingerprint density at radius 1 is 1.33 bits per heavy atom. The maximum absolute atomic E-state index is 12.4. The van der Waals surface area contributed by atoms with E-state index in [9.17, 15) is 4.79 Å². The molecular weight excluding hydrogens is 382 g/mol. The summed E-state index contributed by atoms with van der Waals surface area (Å²) in [7, 11) is 0. The van der Waals surface area contributed by atoms with Crippen LogP contribution in [0.2, 0.25) is 5.02 Å². The predicted octanol–water partition coefficient (Wildman–Crippen LogP) is 3.93. The lowest BCUT2D eigenvalue weighted by Gasteiger charge is -2.15. The van der Waals surface area contributed by atoms with E-state index in [1.54, 1.807) is 4.52 Å². The van der Waals surface area contributed by atoms with Gasteiger partial charge in [0.15, 0.2) is 0 Å².